The molecule has 0 aromatic heterocycles. The maximum Gasteiger partial charge on any atom is 0.305 e. The number of nitrogens with zero attached hydrogens (tertiary/aromatic N) is 1. The molecular formula is C15H29NO2. The van der Waals surface area contributed by atoms with Crippen molar-refractivity contribution in [2.75, 3.05) is 26.2 Å². The highest BCUT2D eigenvalue weighted by Crippen LogP contribution is 2.21. The van der Waals surface area contributed by atoms with Crippen LogP contribution >= 0.6 is 0 Å². The largest absolute Gasteiger partial charge is 0.466 e. The van der Waals surface area contributed by atoms with Crippen LogP contribution in [0, 0.1) is 5.92 Å². The molecule has 1 heterocycles. The lowest BCUT2D eigenvalue weighted by atomic mass is 10.0. The first-order valence-electron chi connectivity index (χ1n) is 7.64. The number of carbonyl (C=O) groups excluding carboxylic acids is 1. The number of carbonyl (C=O) groups is 1. The molecule has 0 saturated carbocycles. The lowest BCUT2D eigenvalue weighted by Crippen LogP contribution is -2.21. The number of unbranched alkanes of at least 4 members (excludes halogenated alkanes) is 2. The fourth-order valence-corrected chi connectivity index (χ4v) is 2.77. The SMILES string of the molecule is CCCC1CCN(CCCCCC(=O)OCC)C1. The van der Waals surface area contributed by atoms with E-state index in [0.29, 0.717) is 13.0 Å². The number of hydrogen-bond donors (Lipinski definition) is 0. The van der Waals surface area contributed by atoms with Crippen molar-refractivity contribution in [3.05, 3.63) is 0 Å². The highest BCUT2D eigenvalue weighted by molar-refractivity contribution is 5.69. The van der Waals surface area contributed by atoms with Crippen LogP contribution in [-0.4, -0.2) is 37.1 Å². The van der Waals surface area contributed by atoms with Crippen LogP contribution in [0.3, 0.4) is 0 Å². The Balaban J connectivity index is 1.94. The lowest BCUT2D eigenvalue weighted by Gasteiger charge is -2.15. The molecule has 3 nitrogen and oxygen atoms in total. The van der Waals surface area contributed by atoms with Crippen LogP contribution in [0.4, 0.5) is 0 Å². The van der Waals surface area contributed by atoms with Gasteiger partial charge in [-0.2, -0.15) is 0 Å². The minimum absolute atomic E-state index is 0.0401. The third kappa shape index (κ3) is 6.39. The first-order valence-corrected chi connectivity index (χ1v) is 7.64. The zero-order valence-corrected chi connectivity index (χ0v) is 12.1. The quantitative estimate of drug-likeness (QED) is 0.468. The predicted molar refractivity (Wildman–Crippen MR) is 74.6 cm³/mol. The molecule has 0 spiro atoms. The number of hydrogen-bond acceptors (Lipinski definition) is 3. The molecule has 1 aliphatic heterocycles. The fourth-order valence-electron chi connectivity index (χ4n) is 2.77. The molecule has 0 aliphatic carbocycles. The van der Waals surface area contributed by atoms with Crippen molar-refractivity contribution in [3.63, 3.8) is 0 Å². The third-order valence-corrected chi connectivity index (χ3v) is 3.73. The van der Waals surface area contributed by atoms with Crippen molar-refractivity contribution < 1.29 is 9.53 Å². The molecule has 0 aromatic rings. The molecule has 0 amide bonds. The number of ether oxygens (including phenoxy) is 1. The smallest absolute Gasteiger partial charge is 0.305 e. The molecule has 0 bridgehead atoms. The number of likely N-dealkylation sites (tertiary alicyclic amines) is 1. The molecular weight excluding hydrogens is 226 g/mol. The average molecular weight is 255 g/mol. The molecule has 0 aromatic carbocycles. The lowest BCUT2D eigenvalue weighted by molar-refractivity contribution is -0.143. The van der Waals surface area contributed by atoms with Gasteiger partial charge < -0.3 is 9.64 Å². The maximum absolute atomic E-state index is 11.1. The zero-order valence-electron chi connectivity index (χ0n) is 12.1. The molecule has 18 heavy (non-hydrogen) atoms. The van der Waals surface area contributed by atoms with Gasteiger partial charge in [0.2, 0.25) is 0 Å². The molecule has 1 saturated heterocycles. The molecule has 1 unspecified atom stereocenters. The van der Waals surface area contributed by atoms with Gasteiger partial charge in [-0.1, -0.05) is 19.8 Å². The van der Waals surface area contributed by atoms with E-state index in [0.717, 1.165) is 18.8 Å². The molecule has 3 heteroatoms. The van der Waals surface area contributed by atoms with E-state index in [1.807, 2.05) is 6.92 Å². The van der Waals surface area contributed by atoms with Gasteiger partial charge in [0.25, 0.3) is 0 Å². The molecule has 0 N–H and O–H groups in total. The fraction of sp³-hybridized carbons (Fsp3) is 0.933. The van der Waals surface area contributed by atoms with E-state index in [1.54, 1.807) is 0 Å². The maximum atomic E-state index is 11.1. The molecule has 106 valence electrons. The van der Waals surface area contributed by atoms with E-state index in [9.17, 15) is 4.79 Å². The Morgan fingerprint density at radius 1 is 1.28 bits per heavy atom. The van der Waals surface area contributed by atoms with E-state index in [4.69, 9.17) is 4.74 Å². The van der Waals surface area contributed by atoms with Crippen LogP contribution in [-0.2, 0) is 9.53 Å². The molecule has 1 rings (SSSR count). The van der Waals surface area contributed by atoms with Crippen LogP contribution < -0.4 is 0 Å². The van der Waals surface area contributed by atoms with Crippen LogP contribution in [0.1, 0.15) is 58.8 Å². The van der Waals surface area contributed by atoms with Crippen molar-refractivity contribution in [3.8, 4) is 0 Å². The summed E-state index contributed by atoms with van der Waals surface area (Å²) in [5, 5.41) is 0. The summed E-state index contributed by atoms with van der Waals surface area (Å²) < 4.78 is 4.91. The van der Waals surface area contributed by atoms with E-state index in [1.165, 1.54) is 45.3 Å². The van der Waals surface area contributed by atoms with Gasteiger partial charge in [-0.05, 0) is 51.6 Å². The summed E-state index contributed by atoms with van der Waals surface area (Å²) >= 11 is 0. The first kappa shape index (κ1) is 15.5. The average Bonchev–Trinajstić information content (AvgIpc) is 2.77. The minimum atomic E-state index is -0.0401. The highest BCUT2D eigenvalue weighted by atomic mass is 16.5. The van der Waals surface area contributed by atoms with Crippen LogP contribution in [0.15, 0.2) is 0 Å². The van der Waals surface area contributed by atoms with E-state index >= 15 is 0 Å². The van der Waals surface area contributed by atoms with Crippen molar-refractivity contribution in [1.82, 2.24) is 4.90 Å². The van der Waals surface area contributed by atoms with Gasteiger partial charge in [-0.3, -0.25) is 4.79 Å². The topological polar surface area (TPSA) is 29.5 Å². The van der Waals surface area contributed by atoms with Gasteiger partial charge in [0.15, 0.2) is 0 Å². The van der Waals surface area contributed by atoms with E-state index < -0.39 is 0 Å². The second-order valence-electron chi connectivity index (χ2n) is 5.36. The first-order chi connectivity index (χ1) is 8.76. The molecule has 1 atom stereocenters. The second-order valence-corrected chi connectivity index (χ2v) is 5.36. The Labute approximate surface area is 112 Å². The Kier molecular flexibility index (Phi) is 8.06. The normalized spacial score (nSPS) is 20.2. The zero-order chi connectivity index (χ0) is 13.2. The number of rotatable bonds is 9. The monoisotopic (exact) mass is 255 g/mol. The number of esters is 1. The van der Waals surface area contributed by atoms with Gasteiger partial charge in [0.1, 0.15) is 0 Å². The van der Waals surface area contributed by atoms with Gasteiger partial charge in [0, 0.05) is 13.0 Å². The van der Waals surface area contributed by atoms with Crippen LogP contribution in [0.5, 0.6) is 0 Å². The molecule has 0 radical (unpaired) electrons. The second kappa shape index (κ2) is 9.37. The van der Waals surface area contributed by atoms with Gasteiger partial charge in [0.05, 0.1) is 6.61 Å². The third-order valence-electron chi connectivity index (χ3n) is 3.73. The summed E-state index contributed by atoms with van der Waals surface area (Å²) in [5.74, 6) is 0.899. The Morgan fingerprint density at radius 3 is 2.83 bits per heavy atom. The summed E-state index contributed by atoms with van der Waals surface area (Å²) in [6.45, 7) is 8.43. The Hall–Kier alpha value is -0.570. The van der Waals surface area contributed by atoms with Crippen molar-refractivity contribution >= 4 is 5.97 Å². The van der Waals surface area contributed by atoms with Crippen molar-refractivity contribution in [2.24, 2.45) is 5.92 Å². The standard InChI is InChI=1S/C15H29NO2/c1-3-8-14-10-12-16(13-14)11-7-5-6-9-15(17)18-4-2/h14H,3-13H2,1-2H3. The van der Waals surface area contributed by atoms with Gasteiger partial charge >= 0.3 is 5.97 Å². The van der Waals surface area contributed by atoms with E-state index in [-0.39, 0.29) is 5.97 Å². The summed E-state index contributed by atoms with van der Waals surface area (Å²) in [6, 6.07) is 0. The van der Waals surface area contributed by atoms with Crippen molar-refractivity contribution in [1.29, 1.82) is 0 Å². The summed E-state index contributed by atoms with van der Waals surface area (Å²) in [4.78, 5) is 13.7. The highest BCUT2D eigenvalue weighted by Gasteiger charge is 2.20. The van der Waals surface area contributed by atoms with Gasteiger partial charge in [-0.15, -0.1) is 0 Å². The van der Waals surface area contributed by atoms with Crippen LogP contribution in [0.25, 0.3) is 0 Å². The summed E-state index contributed by atoms with van der Waals surface area (Å²) in [5.41, 5.74) is 0. The predicted octanol–water partition coefficient (Wildman–Crippen LogP) is 3.23. The molecule has 1 fully saturated rings. The Bertz CT molecular complexity index is 231. The molecule has 1 aliphatic rings. The minimum Gasteiger partial charge on any atom is -0.466 e. The summed E-state index contributed by atoms with van der Waals surface area (Å²) in [6.07, 6.45) is 8.03. The van der Waals surface area contributed by atoms with Gasteiger partial charge in [-0.25, -0.2) is 0 Å². The van der Waals surface area contributed by atoms with Crippen LogP contribution in [0.2, 0.25) is 0 Å². The van der Waals surface area contributed by atoms with Crippen molar-refractivity contribution in [2.45, 2.75) is 58.8 Å². The van der Waals surface area contributed by atoms with E-state index in [2.05, 4.69) is 11.8 Å². The Morgan fingerprint density at radius 2 is 2.11 bits per heavy atom. The summed E-state index contributed by atoms with van der Waals surface area (Å²) in [7, 11) is 0.